The Bertz CT molecular complexity index is 1190. The van der Waals surface area contributed by atoms with Crippen LogP contribution in [0, 0.1) is 11.6 Å². The lowest BCUT2D eigenvalue weighted by atomic mass is 10.1. The summed E-state index contributed by atoms with van der Waals surface area (Å²) in [6.07, 6.45) is 3.64. The number of anilines is 1. The number of fused-ring (bicyclic) bond motifs is 1. The Hall–Kier alpha value is -3.55. The van der Waals surface area contributed by atoms with E-state index in [0.29, 0.717) is 39.8 Å². The van der Waals surface area contributed by atoms with Crippen molar-refractivity contribution in [3.8, 4) is 11.4 Å². The lowest BCUT2D eigenvalue weighted by Gasteiger charge is -2.05. The zero-order valence-electron chi connectivity index (χ0n) is 14.5. The Morgan fingerprint density at radius 1 is 1.14 bits per heavy atom. The van der Waals surface area contributed by atoms with Crippen molar-refractivity contribution in [2.45, 2.75) is 18.8 Å². The molecule has 1 aliphatic carbocycles. The number of aromatic amines is 1. The Kier molecular flexibility index (Phi) is 3.71. The summed E-state index contributed by atoms with van der Waals surface area (Å²) in [5, 5.41) is 7.07. The third kappa shape index (κ3) is 2.92. The number of carbonyl (C=O) groups excluding carboxylic acids is 1. The van der Waals surface area contributed by atoms with E-state index in [9.17, 15) is 13.6 Å². The average molecular weight is 380 g/mol. The SMILES string of the molecule is O=C(Nc1c[nH]c2cc(F)c(F)cc12)c1ccc(-c2noc(C3CC3)n2)cc1. The molecule has 2 aromatic heterocycles. The molecule has 0 bridgehead atoms. The molecule has 5 rings (SSSR count). The maximum Gasteiger partial charge on any atom is 0.255 e. The van der Waals surface area contributed by atoms with E-state index in [1.807, 2.05) is 0 Å². The van der Waals surface area contributed by atoms with Gasteiger partial charge >= 0.3 is 0 Å². The van der Waals surface area contributed by atoms with E-state index >= 15 is 0 Å². The smallest absolute Gasteiger partial charge is 0.255 e. The van der Waals surface area contributed by atoms with Crippen LogP contribution in [0.3, 0.4) is 0 Å². The molecule has 4 aromatic rings. The molecule has 8 heteroatoms. The van der Waals surface area contributed by atoms with Crippen molar-refractivity contribution < 1.29 is 18.1 Å². The molecule has 0 spiro atoms. The Morgan fingerprint density at radius 3 is 2.64 bits per heavy atom. The van der Waals surface area contributed by atoms with Gasteiger partial charge in [-0.15, -0.1) is 0 Å². The summed E-state index contributed by atoms with van der Waals surface area (Å²) in [5.74, 6) is -0.778. The summed E-state index contributed by atoms with van der Waals surface area (Å²) in [6, 6.07) is 8.87. The van der Waals surface area contributed by atoms with E-state index in [1.54, 1.807) is 24.3 Å². The predicted octanol–water partition coefficient (Wildman–Crippen LogP) is 4.63. The second kappa shape index (κ2) is 6.26. The van der Waals surface area contributed by atoms with E-state index < -0.39 is 11.6 Å². The average Bonchev–Trinajstić information content (AvgIpc) is 3.32. The molecule has 140 valence electrons. The van der Waals surface area contributed by atoms with Gasteiger partial charge in [-0.1, -0.05) is 17.3 Å². The van der Waals surface area contributed by atoms with Crippen LogP contribution in [0.15, 0.2) is 47.1 Å². The lowest BCUT2D eigenvalue weighted by Crippen LogP contribution is -2.11. The molecular formula is C20H14F2N4O2. The highest BCUT2D eigenvalue weighted by Crippen LogP contribution is 2.39. The van der Waals surface area contributed by atoms with Crippen LogP contribution in [0.25, 0.3) is 22.3 Å². The number of halogens is 2. The van der Waals surface area contributed by atoms with Gasteiger partial charge in [0.05, 0.1) is 11.2 Å². The summed E-state index contributed by atoms with van der Waals surface area (Å²) >= 11 is 0. The number of hydrogen-bond acceptors (Lipinski definition) is 4. The van der Waals surface area contributed by atoms with Gasteiger partial charge in [-0.2, -0.15) is 4.98 Å². The molecule has 1 amide bonds. The van der Waals surface area contributed by atoms with E-state index in [-0.39, 0.29) is 5.91 Å². The van der Waals surface area contributed by atoms with Gasteiger partial charge in [0.1, 0.15) is 0 Å². The number of H-pyrrole nitrogens is 1. The minimum Gasteiger partial charge on any atom is -0.359 e. The number of rotatable bonds is 4. The fourth-order valence-corrected chi connectivity index (χ4v) is 3.03. The standard InChI is InChI=1S/C20H14F2N4O2/c21-14-7-13-16(8-15(14)22)23-9-17(13)24-19(27)11-3-1-10(2-4-11)18-25-20(28-26-18)12-5-6-12/h1-4,7-9,12,23H,5-6H2,(H,24,27). The fraction of sp³-hybridized carbons (Fsp3) is 0.150. The van der Waals surface area contributed by atoms with Crippen LogP contribution in [0.5, 0.6) is 0 Å². The summed E-state index contributed by atoms with van der Waals surface area (Å²) in [4.78, 5) is 19.7. The van der Waals surface area contributed by atoms with Gasteiger partial charge in [0, 0.05) is 34.7 Å². The largest absolute Gasteiger partial charge is 0.359 e. The third-order valence-electron chi connectivity index (χ3n) is 4.74. The van der Waals surface area contributed by atoms with E-state index in [2.05, 4.69) is 20.4 Å². The van der Waals surface area contributed by atoms with Crippen molar-refractivity contribution in [3.63, 3.8) is 0 Å². The number of nitrogens with one attached hydrogen (secondary N) is 2. The number of benzene rings is 2. The predicted molar refractivity (Wildman–Crippen MR) is 97.9 cm³/mol. The summed E-state index contributed by atoms with van der Waals surface area (Å²) < 4.78 is 32.1. The number of aromatic nitrogens is 3. The van der Waals surface area contributed by atoms with Gasteiger partial charge in [0.2, 0.25) is 11.7 Å². The second-order valence-corrected chi connectivity index (χ2v) is 6.78. The maximum absolute atomic E-state index is 13.5. The molecule has 0 saturated heterocycles. The molecule has 28 heavy (non-hydrogen) atoms. The van der Waals surface area contributed by atoms with Crippen LogP contribution in [-0.2, 0) is 0 Å². The normalized spacial score (nSPS) is 13.8. The first-order valence-electron chi connectivity index (χ1n) is 8.80. The van der Waals surface area contributed by atoms with Crippen molar-refractivity contribution in [2.24, 2.45) is 0 Å². The Labute approximate surface area is 157 Å². The topological polar surface area (TPSA) is 83.8 Å². The van der Waals surface area contributed by atoms with Gasteiger partial charge in [-0.3, -0.25) is 4.79 Å². The molecule has 0 radical (unpaired) electrons. The van der Waals surface area contributed by atoms with Crippen LogP contribution < -0.4 is 5.32 Å². The summed E-state index contributed by atoms with van der Waals surface area (Å²) in [7, 11) is 0. The molecule has 1 fully saturated rings. The highest BCUT2D eigenvalue weighted by molar-refractivity contribution is 6.09. The first kappa shape index (κ1) is 16.6. The summed E-state index contributed by atoms with van der Waals surface area (Å²) in [6.45, 7) is 0. The minimum absolute atomic E-state index is 0.371. The van der Waals surface area contributed by atoms with Crippen molar-refractivity contribution in [1.82, 2.24) is 15.1 Å². The minimum atomic E-state index is -0.974. The molecule has 0 atom stereocenters. The monoisotopic (exact) mass is 380 g/mol. The third-order valence-corrected chi connectivity index (χ3v) is 4.74. The first-order chi connectivity index (χ1) is 13.6. The zero-order chi connectivity index (χ0) is 19.3. The first-order valence-corrected chi connectivity index (χ1v) is 8.80. The lowest BCUT2D eigenvalue weighted by molar-refractivity contribution is 0.102. The molecule has 0 aliphatic heterocycles. The van der Waals surface area contributed by atoms with Crippen LogP contribution in [0.2, 0.25) is 0 Å². The molecule has 2 heterocycles. The Morgan fingerprint density at radius 2 is 1.89 bits per heavy atom. The molecule has 2 aromatic carbocycles. The van der Waals surface area contributed by atoms with Gasteiger partial charge < -0.3 is 14.8 Å². The van der Waals surface area contributed by atoms with Crippen molar-refractivity contribution in [1.29, 1.82) is 0 Å². The molecule has 6 nitrogen and oxygen atoms in total. The number of carbonyl (C=O) groups is 1. The highest BCUT2D eigenvalue weighted by Gasteiger charge is 2.29. The fourth-order valence-electron chi connectivity index (χ4n) is 3.03. The zero-order valence-corrected chi connectivity index (χ0v) is 14.5. The van der Waals surface area contributed by atoms with Crippen LogP contribution in [0.4, 0.5) is 14.5 Å². The van der Waals surface area contributed by atoms with Crippen LogP contribution >= 0.6 is 0 Å². The maximum atomic E-state index is 13.5. The molecule has 0 unspecified atom stereocenters. The van der Waals surface area contributed by atoms with Gasteiger partial charge in [0.15, 0.2) is 11.6 Å². The molecule has 1 saturated carbocycles. The van der Waals surface area contributed by atoms with E-state index in [4.69, 9.17) is 4.52 Å². The highest BCUT2D eigenvalue weighted by atomic mass is 19.2. The van der Waals surface area contributed by atoms with Gasteiger partial charge in [0.25, 0.3) is 5.91 Å². The second-order valence-electron chi connectivity index (χ2n) is 6.78. The van der Waals surface area contributed by atoms with Crippen LogP contribution in [-0.4, -0.2) is 21.0 Å². The van der Waals surface area contributed by atoms with Gasteiger partial charge in [-0.25, -0.2) is 8.78 Å². The van der Waals surface area contributed by atoms with Crippen molar-refractivity contribution in [3.05, 3.63) is 65.7 Å². The van der Waals surface area contributed by atoms with Gasteiger partial charge in [-0.05, 0) is 31.0 Å². The number of amides is 1. The van der Waals surface area contributed by atoms with Crippen molar-refractivity contribution >= 4 is 22.5 Å². The number of hydrogen-bond donors (Lipinski definition) is 2. The van der Waals surface area contributed by atoms with Crippen molar-refractivity contribution in [2.75, 3.05) is 5.32 Å². The molecular weight excluding hydrogens is 366 g/mol. The van der Waals surface area contributed by atoms with Crippen LogP contribution in [0.1, 0.15) is 35.0 Å². The quantitative estimate of drug-likeness (QED) is 0.541. The molecule has 1 aliphatic rings. The Balaban J connectivity index is 1.36. The van der Waals surface area contributed by atoms with E-state index in [1.165, 1.54) is 6.20 Å². The summed E-state index contributed by atoms with van der Waals surface area (Å²) in [5.41, 5.74) is 1.92. The molecule has 2 N–H and O–H groups in total. The number of nitrogens with zero attached hydrogens (tertiary/aromatic N) is 2. The van der Waals surface area contributed by atoms with E-state index in [0.717, 1.165) is 30.5 Å².